The van der Waals surface area contributed by atoms with Crippen LogP contribution in [0.1, 0.15) is 5.56 Å². The van der Waals surface area contributed by atoms with Gasteiger partial charge in [-0.3, -0.25) is 14.1 Å². The van der Waals surface area contributed by atoms with E-state index < -0.39 is 5.76 Å². The fourth-order valence-electron chi connectivity index (χ4n) is 1.82. The molecule has 0 radical (unpaired) electrons. The number of aromatic nitrogens is 4. The molecule has 0 unspecified atom stereocenters. The smallest absolute Gasteiger partial charge is 0.295 e. The van der Waals surface area contributed by atoms with E-state index in [1.165, 1.54) is 17.0 Å². The van der Waals surface area contributed by atoms with E-state index >= 15 is 0 Å². The van der Waals surface area contributed by atoms with E-state index in [0.29, 0.717) is 18.1 Å². The van der Waals surface area contributed by atoms with Crippen LogP contribution in [0, 0.1) is 0 Å². The van der Waals surface area contributed by atoms with Gasteiger partial charge in [-0.25, -0.2) is 9.78 Å². The molecule has 0 aliphatic heterocycles. The summed E-state index contributed by atoms with van der Waals surface area (Å²) in [5.74, 6) is -0.159. The molecule has 0 saturated carbocycles. The van der Waals surface area contributed by atoms with Crippen molar-refractivity contribution >= 4 is 15.9 Å². The number of hydrogen-bond acceptors (Lipinski definition) is 5. The second kappa shape index (κ2) is 5.38. The van der Waals surface area contributed by atoms with Crippen molar-refractivity contribution in [3.63, 3.8) is 0 Å². The minimum atomic E-state index is -0.523. The lowest BCUT2D eigenvalue weighted by atomic mass is 10.2. The lowest BCUT2D eigenvalue weighted by Crippen LogP contribution is -2.16. The van der Waals surface area contributed by atoms with Gasteiger partial charge in [0.15, 0.2) is 0 Å². The maximum atomic E-state index is 11.8. The molecule has 0 amide bonds. The summed E-state index contributed by atoms with van der Waals surface area (Å²) in [7, 11) is 0. The Balaban J connectivity index is 2.02. The predicted octanol–water partition coefficient (Wildman–Crippen LogP) is 2.10. The first-order valence-electron chi connectivity index (χ1n) is 5.81. The maximum absolute atomic E-state index is 11.8. The minimum absolute atomic E-state index is 0.355. The van der Waals surface area contributed by atoms with E-state index in [-0.39, 0.29) is 0 Å². The molecule has 100 valence electrons. The van der Waals surface area contributed by atoms with Gasteiger partial charge in [0.25, 0.3) is 0 Å². The lowest BCUT2D eigenvalue weighted by Gasteiger charge is -2.04. The molecule has 0 aliphatic rings. The summed E-state index contributed by atoms with van der Waals surface area (Å²) in [5.41, 5.74) is 1.45. The van der Waals surface area contributed by atoms with Gasteiger partial charge in [0.2, 0.25) is 5.82 Å². The average Bonchev–Trinajstić information content (AvgIpc) is 2.81. The highest BCUT2D eigenvalue weighted by molar-refractivity contribution is 9.10. The normalized spacial score (nSPS) is 10.7. The molecule has 3 aromatic rings. The number of nitrogens with zero attached hydrogens (tertiary/aromatic N) is 4. The monoisotopic (exact) mass is 332 g/mol. The van der Waals surface area contributed by atoms with Crippen LogP contribution in [0.3, 0.4) is 0 Å². The lowest BCUT2D eigenvalue weighted by molar-refractivity contribution is 0.378. The van der Waals surface area contributed by atoms with Gasteiger partial charge in [0, 0.05) is 16.9 Å². The Labute approximate surface area is 122 Å². The molecule has 3 rings (SSSR count). The molecular weight excluding hydrogens is 324 g/mol. The number of hydrogen-bond donors (Lipinski definition) is 0. The zero-order valence-electron chi connectivity index (χ0n) is 10.2. The summed E-state index contributed by atoms with van der Waals surface area (Å²) >= 11 is 3.40. The fraction of sp³-hybridized carbons (Fsp3) is 0.0769. The summed E-state index contributed by atoms with van der Waals surface area (Å²) in [6.07, 6.45) is 4.63. The number of halogens is 1. The van der Waals surface area contributed by atoms with Gasteiger partial charge >= 0.3 is 5.76 Å². The molecule has 0 N–H and O–H groups in total. The van der Waals surface area contributed by atoms with Gasteiger partial charge < -0.3 is 0 Å². The maximum Gasteiger partial charge on any atom is 0.442 e. The molecule has 6 nitrogen and oxygen atoms in total. The highest BCUT2D eigenvalue weighted by Gasteiger charge is 2.14. The molecule has 1 aromatic carbocycles. The van der Waals surface area contributed by atoms with Gasteiger partial charge in [-0.15, -0.1) is 0 Å². The van der Waals surface area contributed by atoms with Crippen LogP contribution < -0.4 is 5.76 Å². The van der Waals surface area contributed by atoms with Crippen LogP contribution >= 0.6 is 15.9 Å². The Kier molecular flexibility index (Phi) is 3.42. The first kappa shape index (κ1) is 12.7. The average molecular weight is 333 g/mol. The van der Waals surface area contributed by atoms with Crippen LogP contribution in [0.25, 0.3) is 11.5 Å². The Morgan fingerprint density at radius 3 is 2.95 bits per heavy atom. The molecular formula is C13H9BrN4O2. The fourth-order valence-corrected chi connectivity index (χ4v) is 2.27. The second-order valence-corrected chi connectivity index (χ2v) is 4.99. The first-order chi connectivity index (χ1) is 9.74. The topological polar surface area (TPSA) is 73.8 Å². The van der Waals surface area contributed by atoms with E-state index in [9.17, 15) is 4.79 Å². The van der Waals surface area contributed by atoms with E-state index in [0.717, 1.165) is 10.0 Å². The van der Waals surface area contributed by atoms with Crippen molar-refractivity contribution in [3.05, 3.63) is 63.4 Å². The molecule has 0 aliphatic carbocycles. The zero-order valence-corrected chi connectivity index (χ0v) is 11.8. The predicted molar refractivity (Wildman–Crippen MR) is 75.0 cm³/mol. The highest BCUT2D eigenvalue weighted by atomic mass is 79.9. The van der Waals surface area contributed by atoms with Crippen LogP contribution in [0.4, 0.5) is 0 Å². The molecule has 0 atom stereocenters. The summed E-state index contributed by atoms with van der Waals surface area (Å²) in [5, 5.41) is 3.77. The second-order valence-electron chi connectivity index (χ2n) is 4.08. The van der Waals surface area contributed by atoms with Gasteiger partial charge in [-0.2, -0.15) is 0 Å². The highest BCUT2D eigenvalue weighted by Crippen LogP contribution is 2.15. The van der Waals surface area contributed by atoms with Crippen LogP contribution in [-0.4, -0.2) is 19.7 Å². The Morgan fingerprint density at radius 1 is 1.30 bits per heavy atom. The third-order valence-electron chi connectivity index (χ3n) is 2.71. The van der Waals surface area contributed by atoms with Gasteiger partial charge in [0.05, 0.1) is 12.7 Å². The molecule has 0 saturated heterocycles. The Morgan fingerprint density at radius 2 is 2.20 bits per heavy atom. The van der Waals surface area contributed by atoms with Crippen LogP contribution in [-0.2, 0) is 6.54 Å². The first-order valence-corrected chi connectivity index (χ1v) is 6.60. The van der Waals surface area contributed by atoms with Crippen molar-refractivity contribution in [2.75, 3.05) is 0 Å². The number of rotatable bonds is 3. The standard InChI is InChI=1S/C13H9BrN4O2/c14-10-3-1-2-9(6-10)8-18-12(17-20-13(18)19)11-7-15-4-5-16-11/h1-7H,8H2. The van der Waals surface area contributed by atoms with Crippen LogP contribution in [0.15, 0.2) is 56.6 Å². The van der Waals surface area contributed by atoms with Crippen molar-refractivity contribution in [2.24, 2.45) is 0 Å². The molecule has 7 heteroatoms. The van der Waals surface area contributed by atoms with Crippen molar-refractivity contribution in [1.29, 1.82) is 0 Å². The van der Waals surface area contributed by atoms with Gasteiger partial charge in [-0.1, -0.05) is 33.2 Å². The number of benzene rings is 1. The third kappa shape index (κ3) is 2.53. The summed E-state index contributed by atoms with van der Waals surface area (Å²) in [6, 6.07) is 7.67. The SMILES string of the molecule is O=c1onc(-c2cnccn2)n1Cc1cccc(Br)c1. The summed E-state index contributed by atoms with van der Waals surface area (Å²) in [6.45, 7) is 0.355. The zero-order chi connectivity index (χ0) is 13.9. The molecule has 20 heavy (non-hydrogen) atoms. The van der Waals surface area contributed by atoms with E-state index in [1.807, 2.05) is 24.3 Å². The van der Waals surface area contributed by atoms with Crippen LogP contribution in [0.5, 0.6) is 0 Å². The van der Waals surface area contributed by atoms with E-state index in [1.54, 1.807) is 6.20 Å². The molecule has 0 bridgehead atoms. The minimum Gasteiger partial charge on any atom is -0.295 e. The van der Waals surface area contributed by atoms with Crippen molar-refractivity contribution < 1.29 is 4.52 Å². The quantitative estimate of drug-likeness (QED) is 0.734. The molecule has 2 heterocycles. The van der Waals surface area contributed by atoms with Gasteiger partial charge in [0.1, 0.15) is 5.69 Å². The van der Waals surface area contributed by atoms with Crippen LogP contribution in [0.2, 0.25) is 0 Å². The van der Waals surface area contributed by atoms with E-state index in [4.69, 9.17) is 4.52 Å². The third-order valence-corrected chi connectivity index (χ3v) is 3.20. The molecule has 2 aromatic heterocycles. The summed E-state index contributed by atoms with van der Waals surface area (Å²) < 4.78 is 7.10. The molecule has 0 fully saturated rings. The van der Waals surface area contributed by atoms with Crippen molar-refractivity contribution in [1.82, 2.24) is 19.7 Å². The molecule has 0 spiro atoms. The van der Waals surface area contributed by atoms with Gasteiger partial charge in [-0.05, 0) is 17.7 Å². The van der Waals surface area contributed by atoms with Crippen molar-refractivity contribution in [2.45, 2.75) is 6.54 Å². The van der Waals surface area contributed by atoms with E-state index in [2.05, 4.69) is 31.1 Å². The summed E-state index contributed by atoms with van der Waals surface area (Å²) in [4.78, 5) is 19.9. The largest absolute Gasteiger partial charge is 0.442 e. The Hall–Kier alpha value is -2.28. The Bertz CT molecular complexity index is 782. The van der Waals surface area contributed by atoms with Crippen molar-refractivity contribution in [3.8, 4) is 11.5 Å².